The Morgan fingerprint density at radius 1 is 0.700 bits per heavy atom. The Hall–Kier alpha value is -1.82. The Labute approximate surface area is 115 Å². The minimum absolute atomic E-state index is 0.428. The van der Waals surface area contributed by atoms with Crippen molar-refractivity contribution < 1.29 is 22.0 Å². The molecule has 6 heteroatoms. The lowest BCUT2D eigenvalue weighted by Crippen LogP contribution is -2.02. The van der Waals surface area contributed by atoms with Gasteiger partial charge in [-0.2, -0.15) is 0 Å². The van der Waals surface area contributed by atoms with Crippen molar-refractivity contribution >= 4 is 17.8 Å². The molecule has 0 saturated carbocycles. The monoisotopic (exact) mass is 302 g/mol. The van der Waals surface area contributed by atoms with E-state index in [9.17, 15) is 22.0 Å². The van der Waals surface area contributed by atoms with Crippen molar-refractivity contribution in [3.8, 4) is 0 Å². The van der Waals surface area contributed by atoms with E-state index in [-0.39, 0.29) is 0 Å². The summed E-state index contributed by atoms with van der Waals surface area (Å²) in [4.78, 5) is -0.923. The summed E-state index contributed by atoms with van der Waals surface area (Å²) in [7, 11) is 0. The summed E-state index contributed by atoms with van der Waals surface area (Å²) in [6.45, 7) is 0. The summed E-state index contributed by atoms with van der Waals surface area (Å²) in [5.74, 6) is -9.70. The summed E-state index contributed by atoms with van der Waals surface area (Å²) in [5, 5.41) is 1.26. The van der Waals surface area contributed by atoms with Crippen molar-refractivity contribution in [3.05, 3.63) is 70.4 Å². The fourth-order valence-corrected chi connectivity index (χ4v) is 2.18. The Kier molecular flexibility index (Phi) is 4.44. The number of halogens is 5. The normalized spacial score (nSPS) is 11.2. The van der Waals surface area contributed by atoms with Crippen LogP contribution in [0.1, 0.15) is 5.56 Å². The zero-order valence-electron chi connectivity index (χ0n) is 9.84. The fraction of sp³-hybridized carbons (Fsp3) is 0. The zero-order valence-corrected chi connectivity index (χ0v) is 10.7. The van der Waals surface area contributed by atoms with Crippen LogP contribution in [-0.2, 0) is 0 Å². The molecule has 0 fully saturated rings. The molecule has 0 atom stereocenters. The first-order valence-electron chi connectivity index (χ1n) is 5.42. The third-order valence-electron chi connectivity index (χ3n) is 2.42. The van der Waals surface area contributed by atoms with Gasteiger partial charge in [0.05, 0.1) is 4.90 Å². The maximum Gasteiger partial charge on any atom is 0.200 e. The van der Waals surface area contributed by atoms with Gasteiger partial charge in [-0.05, 0) is 17.0 Å². The molecule has 104 valence electrons. The highest BCUT2D eigenvalue weighted by Crippen LogP contribution is 2.31. The van der Waals surface area contributed by atoms with Crippen molar-refractivity contribution in [2.45, 2.75) is 4.90 Å². The molecule has 0 N–H and O–H groups in total. The first kappa shape index (κ1) is 14.6. The van der Waals surface area contributed by atoms with Crippen molar-refractivity contribution in [1.82, 2.24) is 0 Å². The first-order valence-corrected chi connectivity index (χ1v) is 6.30. The van der Waals surface area contributed by atoms with Crippen molar-refractivity contribution in [2.24, 2.45) is 0 Å². The largest absolute Gasteiger partial charge is 0.202 e. The van der Waals surface area contributed by atoms with Crippen LogP contribution >= 0.6 is 11.8 Å². The lowest BCUT2D eigenvalue weighted by Gasteiger charge is -2.05. The number of rotatable bonds is 3. The second kappa shape index (κ2) is 6.09. The lowest BCUT2D eigenvalue weighted by atomic mass is 10.2. The van der Waals surface area contributed by atoms with Crippen LogP contribution in [0.15, 0.2) is 40.6 Å². The molecule has 0 nitrogen and oxygen atoms in total. The predicted molar refractivity (Wildman–Crippen MR) is 67.6 cm³/mol. The van der Waals surface area contributed by atoms with Gasteiger partial charge in [-0.25, -0.2) is 22.0 Å². The van der Waals surface area contributed by atoms with Crippen LogP contribution in [0.3, 0.4) is 0 Å². The summed E-state index contributed by atoms with van der Waals surface area (Å²) in [6.07, 6.45) is 1.50. The highest BCUT2D eigenvalue weighted by atomic mass is 32.2. The SMILES string of the molecule is Fc1c(F)c(F)c(S/C=C/c2ccccc2)c(F)c1F. The van der Waals surface area contributed by atoms with E-state index in [2.05, 4.69) is 0 Å². The lowest BCUT2D eigenvalue weighted by molar-refractivity contribution is 0.361. The molecule has 2 aromatic carbocycles. The molecule has 0 spiro atoms. The zero-order chi connectivity index (χ0) is 14.7. The number of hydrogen-bond acceptors (Lipinski definition) is 1. The topological polar surface area (TPSA) is 0 Å². The number of hydrogen-bond donors (Lipinski definition) is 0. The minimum Gasteiger partial charge on any atom is -0.202 e. The second-order valence-corrected chi connectivity index (χ2v) is 4.65. The van der Waals surface area contributed by atoms with E-state index >= 15 is 0 Å². The van der Waals surface area contributed by atoms with Crippen LogP contribution in [0, 0.1) is 29.1 Å². The van der Waals surface area contributed by atoms with Gasteiger partial charge in [0.15, 0.2) is 23.3 Å². The standard InChI is InChI=1S/C14H7F5S/c15-9-10(16)12(18)14(13(19)11(9)17)20-7-6-8-4-2-1-3-5-8/h1-7H/b7-6+. The van der Waals surface area contributed by atoms with E-state index in [1.165, 1.54) is 11.5 Å². The Morgan fingerprint density at radius 2 is 1.20 bits per heavy atom. The number of benzene rings is 2. The maximum atomic E-state index is 13.4. The molecule has 20 heavy (non-hydrogen) atoms. The predicted octanol–water partition coefficient (Wildman–Crippen LogP) is 5.15. The molecule has 0 aliphatic carbocycles. The smallest absolute Gasteiger partial charge is 0.200 e. The Morgan fingerprint density at radius 3 is 1.75 bits per heavy atom. The number of thioether (sulfide) groups is 1. The molecule has 0 amide bonds. The van der Waals surface area contributed by atoms with Crippen LogP contribution in [-0.4, -0.2) is 0 Å². The molecule has 0 bridgehead atoms. The van der Waals surface area contributed by atoms with Gasteiger partial charge in [0.25, 0.3) is 0 Å². The van der Waals surface area contributed by atoms with E-state index in [4.69, 9.17) is 0 Å². The molecule has 0 heterocycles. The summed E-state index contributed by atoms with van der Waals surface area (Å²) < 4.78 is 65.4. The average molecular weight is 302 g/mol. The highest BCUT2D eigenvalue weighted by Gasteiger charge is 2.25. The molecule has 0 aliphatic heterocycles. The minimum atomic E-state index is -2.16. The van der Waals surface area contributed by atoms with E-state index in [1.54, 1.807) is 30.3 Å². The Bertz CT molecular complexity index is 623. The average Bonchev–Trinajstić information content (AvgIpc) is 2.48. The Balaban J connectivity index is 2.29. The maximum absolute atomic E-state index is 13.4. The molecular weight excluding hydrogens is 295 g/mol. The van der Waals surface area contributed by atoms with Gasteiger partial charge in [-0.15, -0.1) is 0 Å². The van der Waals surface area contributed by atoms with E-state index in [0.717, 1.165) is 5.56 Å². The quantitative estimate of drug-likeness (QED) is 0.327. The second-order valence-electron chi connectivity index (χ2n) is 3.73. The summed E-state index contributed by atoms with van der Waals surface area (Å²) in [5.41, 5.74) is 0.740. The van der Waals surface area contributed by atoms with E-state index in [1.807, 2.05) is 0 Å². The van der Waals surface area contributed by atoms with Crippen LogP contribution < -0.4 is 0 Å². The van der Waals surface area contributed by atoms with Gasteiger partial charge < -0.3 is 0 Å². The van der Waals surface area contributed by atoms with Gasteiger partial charge in [-0.1, -0.05) is 42.1 Å². The molecule has 0 radical (unpaired) electrons. The van der Waals surface area contributed by atoms with Crippen LogP contribution in [0.2, 0.25) is 0 Å². The molecule has 0 aliphatic rings. The molecule has 2 rings (SSSR count). The van der Waals surface area contributed by atoms with Gasteiger partial charge in [0.1, 0.15) is 0 Å². The van der Waals surface area contributed by atoms with Crippen LogP contribution in [0.4, 0.5) is 22.0 Å². The van der Waals surface area contributed by atoms with E-state index < -0.39 is 34.0 Å². The first-order chi connectivity index (χ1) is 9.52. The van der Waals surface area contributed by atoms with Gasteiger partial charge in [0, 0.05) is 0 Å². The summed E-state index contributed by atoms with van der Waals surface area (Å²) >= 11 is 0.428. The van der Waals surface area contributed by atoms with Crippen LogP contribution in [0.25, 0.3) is 6.08 Å². The van der Waals surface area contributed by atoms with Gasteiger partial charge >= 0.3 is 0 Å². The van der Waals surface area contributed by atoms with Crippen molar-refractivity contribution in [2.75, 3.05) is 0 Å². The van der Waals surface area contributed by atoms with Crippen LogP contribution in [0.5, 0.6) is 0 Å². The molecular formula is C14H7F5S. The summed E-state index contributed by atoms with van der Waals surface area (Å²) in [6, 6.07) is 8.76. The molecule has 0 unspecified atom stereocenters. The van der Waals surface area contributed by atoms with Gasteiger partial charge in [0.2, 0.25) is 5.82 Å². The van der Waals surface area contributed by atoms with Gasteiger partial charge in [-0.3, -0.25) is 0 Å². The molecule has 2 aromatic rings. The van der Waals surface area contributed by atoms with E-state index in [0.29, 0.717) is 11.8 Å². The van der Waals surface area contributed by atoms with Crippen molar-refractivity contribution in [3.63, 3.8) is 0 Å². The third-order valence-corrected chi connectivity index (χ3v) is 3.28. The molecule has 0 saturated heterocycles. The molecule has 0 aromatic heterocycles. The fourth-order valence-electron chi connectivity index (χ4n) is 1.43. The highest BCUT2D eigenvalue weighted by molar-refractivity contribution is 8.02. The third kappa shape index (κ3) is 2.85. The van der Waals surface area contributed by atoms with Crippen molar-refractivity contribution in [1.29, 1.82) is 0 Å².